The average molecular weight is 235 g/mol. The van der Waals surface area contributed by atoms with Crippen LogP contribution in [0.2, 0.25) is 0 Å². The number of nitrogens with one attached hydrogen (secondary N) is 1. The van der Waals surface area contributed by atoms with Crippen LogP contribution in [0.25, 0.3) is 0 Å². The maximum Gasteiger partial charge on any atom is 0.145 e. The summed E-state index contributed by atoms with van der Waals surface area (Å²) >= 11 is 0. The van der Waals surface area contributed by atoms with Gasteiger partial charge in [0, 0.05) is 25.6 Å². The summed E-state index contributed by atoms with van der Waals surface area (Å²) in [6, 6.07) is 1.90. The minimum absolute atomic E-state index is 0.302. The molecule has 1 fully saturated rings. The van der Waals surface area contributed by atoms with Crippen molar-refractivity contribution in [3.05, 3.63) is 11.9 Å². The highest BCUT2D eigenvalue weighted by molar-refractivity contribution is 5.48. The lowest BCUT2D eigenvalue weighted by Crippen LogP contribution is -2.23. The van der Waals surface area contributed by atoms with E-state index < -0.39 is 0 Å². The molecule has 0 radical (unpaired) electrons. The molecule has 0 unspecified atom stereocenters. The molecule has 0 aromatic carbocycles. The second-order valence-electron chi connectivity index (χ2n) is 5.09. The van der Waals surface area contributed by atoms with Crippen molar-refractivity contribution >= 4 is 11.6 Å². The number of nitrogens with zero attached hydrogens (tertiary/aromatic N) is 3. The molecule has 1 aliphatic rings. The summed E-state index contributed by atoms with van der Waals surface area (Å²) in [5.74, 6) is 9.05. The van der Waals surface area contributed by atoms with E-state index in [9.17, 15) is 0 Å². The first kappa shape index (κ1) is 12.1. The molecule has 0 saturated heterocycles. The molecule has 1 aromatic heterocycles. The Morgan fingerprint density at radius 1 is 1.47 bits per heavy atom. The summed E-state index contributed by atoms with van der Waals surface area (Å²) in [5, 5.41) is 0. The number of anilines is 2. The summed E-state index contributed by atoms with van der Waals surface area (Å²) in [6.45, 7) is 5.24. The van der Waals surface area contributed by atoms with Crippen LogP contribution in [-0.2, 0) is 0 Å². The molecule has 1 heterocycles. The van der Waals surface area contributed by atoms with Crippen LogP contribution in [0, 0.1) is 5.92 Å². The van der Waals surface area contributed by atoms with E-state index in [4.69, 9.17) is 5.84 Å². The quantitative estimate of drug-likeness (QED) is 0.601. The molecule has 1 saturated carbocycles. The monoisotopic (exact) mass is 235 g/mol. The van der Waals surface area contributed by atoms with Crippen LogP contribution >= 0.6 is 0 Å². The zero-order chi connectivity index (χ0) is 12.4. The van der Waals surface area contributed by atoms with Crippen molar-refractivity contribution in [2.75, 3.05) is 23.9 Å². The summed E-state index contributed by atoms with van der Waals surface area (Å²) in [4.78, 5) is 11.1. The van der Waals surface area contributed by atoms with Gasteiger partial charge in [-0.1, -0.05) is 13.8 Å². The Labute approximate surface area is 102 Å². The van der Waals surface area contributed by atoms with Crippen LogP contribution in [0.1, 0.15) is 38.4 Å². The van der Waals surface area contributed by atoms with Gasteiger partial charge in [0.15, 0.2) is 0 Å². The third kappa shape index (κ3) is 3.06. The zero-order valence-electron chi connectivity index (χ0n) is 10.8. The van der Waals surface area contributed by atoms with Crippen LogP contribution in [-0.4, -0.2) is 23.6 Å². The minimum Gasteiger partial charge on any atom is -0.359 e. The third-order valence-corrected chi connectivity index (χ3v) is 3.01. The van der Waals surface area contributed by atoms with Gasteiger partial charge in [0.25, 0.3) is 0 Å². The number of hydrazine groups is 1. The topological polar surface area (TPSA) is 67.1 Å². The lowest BCUT2D eigenvalue weighted by atomic mass is 10.2. The predicted octanol–water partition coefficient (Wildman–Crippen LogP) is 1.73. The molecule has 0 atom stereocenters. The van der Waals surface area contributed by atoms with E-state index in [1.54, 1.807) is 0 Å². The molecule has 5 nitrogen and oxygen atoms in total. The fraction of sp³-hybridized carbons (Fsp3) is 0.667. The van der Waals surface area contributed by atoms with Gasteiger partial charge in [-0.25, -0.2) is 15.8 Å². The van der Waals surface area contributed by atoms with E-state index >= 15 is 0 Å². The highest BCUT2D eigenvalue weighted by atomic mass is 15.3. The Morgan fingerprint density at radius 3 is 2.71 bits per heavy atom. The predicted molar refractivity (Wildman–Crippen MR) is 69.9 cm³/mol. The minimum atomic E-state index is 0.302. The van der Waals surface area contributed by atoms with Crippen LogP contribution in [0.4, 0.5) is 11.6 Å². The highest BCUT2D eigenvalue weighted by Crippen LogP contribution is 2.31. The van der Waals surface area contributed by atoms with Crippen LogP contribution in [0.5, 0.6) is 0 Å². The fourth-order valence-electron chi connectivity index (χ4n) is 1.76. The smallest absolute Gasteiger partial charge is 0.145 e. The van der Waals surface area contributed by atoms with Crippen molar-refractivity contribution in [3.8, 4) is 0 Å². The van der Waals surface area contributed by atoms with Gasteiger partial charge in [0.1, 0.15) is 17.5 Å². The van der Waals surface area contributed by atoms with Crippen molar-refractivity contribution < 1.29 is 0 Å². The molecular weight excluding hydrogens is 214 g/mol. The Balaban J connectivity index is 2.21. The van der Waals surface area contributed by atoms with Gasteiger partial charge in [-0.2, -0.15) is 0 Å². The normalized spacial score (nSPS) is 15.1. The van der Waals surface area contributed by atoms with Gasteiger partial charge >= 0.3 is 0 Å². The van der Waals surface area contributed by atoms with Crippen molar-refractivity contribution in [2.45, 2.75) is 32.6 Å². The standard InChI is InChI=1S/C12H21N5/c1-8(2)12-14-10(16-13)6-11(15-12)17(3)7-9-4-5-9/h6,8-9H,4-5,7,13H2,1-3H3,(H,14,15,16). The highest BCUT2D eigenvalue weighted by Gasteiger charge is 2.23. The second kappa shape index (κ2) is 4.87. The maximum atomic E-state index is 5.44. The van der Waals surface area contributed by atoms with Crippen LogP contribution < -0.4 is 16.2 Å². The molecule has 1 aliphatic carbocycles. The second-order valence-corrected chi connectivity index (χ2v) is 5.09. The number of nitrogen functional groups attached to an aromatic ring is 1. The van der Waals surface area contributed by atoms with Crippen molar-refractivity contribution in [2.24, 2.45) is 11.8 Å². The summed E-state index contributed by atoms with van der Waals surface area (Å²) < 4.78 is 0. The first-order valence-corrected chi connectivity index (χ1v) is 6.17. The molecule has 3 N–H and O–H groups in total. The Hall–Kier alpha value is -1.36. The zero-order valence-corrected chi connectivity index (χ0v) is 10.8. The fourth-order valence-corrected chi connectivity index (χ4v) is 1.76. The first-order valence-electron chi connectivity index (χ1n) is 6.17. The van der Waals surface area contributed by atoms with Crippen molar-refractivity contribution in [1.82, 2.24) is 9.97 Å². The van der Waals surface area contributed by atoms with E-state index in [0.717, 1.165) is 24.1 Å². The Bertz CT molecular complexity index is 386. The summed E-state index contributed by atoms with van der Waals surface area (Å²) in [5.41, 5.74) is 2.61. The summed E-state index contributed by atoms with van der Waals surface area (Å²) in [6.07, 6.45) is 2.68. The van der Waals surface area contributed by atoms with Crippen molar-refractivity contribution in [1.29, 1.82) is 0 Å². The number of hydrogen-bond acceptors (Lipinski definition) is 5. The van der Waals surface area contributed by atoms with Gasteiger partial charge < -0.3 is 10.3 Å². The van der Waals surface area contributed by atoms with E-state index in [2.05, 4.69) is 41.2 Å². The molecule has 1 aromatic rings. The molecule has 0 bridgehead atoms. The SMILES string of the molecule is CC(C)c1nc(NN)cc(N(C)CC2CC2)n1. The van der Waals surface area contributed by atoms with Crippen molar-refractivity contribution in [3.63, 3.8) is 0 Å². The van der Waals surface area contributed by atoms with Gasteiger partial charge in [-0.15, -0.1) is 0 Å². The van der Waals surface area contributed by atoms with Gasteiger partial charge in [-0.3, -0.25) is 0 Å². The number of nitrogens with two attached hydrogens (primary N) is 1. The van der Waals surface area contributed by atoms with E-state index in [-0.39, 0.29) is 0 Å². The van der Waals surface area contributed by atoms with E-state index in [1.165, 1.54) is 12.8 Å². The Morgan fingerprint density at radius 2 is 2.18 bits per heavy atom. The largest absolute Gasteiger partial charge is 0.359 e. The Kier molecular flexibility index (Phi) is 3.47. The lowest BCUT2D eigenvalue weighted by molar-refractivity contribution is 0.742. The summed E-state index contributed by atoms with van der Waals surface area (Å²) in [7, 11) is 2.07. The van der Waals surface area contributed by atoms with E-state index in [1.807, 2.05) is 6.07 Å². The van der Waals surface area contributed by atoms with Crippen LogP contribution in [0.3, 0.4) is 0 Å². The molecule has 5 heteroatoms. The molecular formula is C12H21N5. The molecule has 94 valence electrons. The molecule has 0 amide bonds. The molecule has 17 heavy (non-hydrogen) atoms. The molecule has 2 rings (SSSR count). The molecule has 0 spiro atoms. The van der Waals surface area contributed by atoms with Gasteiger partial charge in [-0.05, 0) is 18.8 Å². The van der Waals surface area contributed by atoms with Gasteiger partial charge in [0.05, 0.1) is 0 Å². The van der Waals surface area contributed by atoms with Gasteiger partial charge in [0.2, 0.25) is 0 Å². The molecule has 0 aliphatic heterocycles. The van der Waals surface area contributed by atoms with Crippen LogP contribution in [0.15, 0.2) is 6.07 Å². The first-order chi connectivity index (χ1) is 8.10. The number of rotatable bonds is 5. The average Bonchev–Trinajstić information content (AvgIpc) is 3.12. The number of aromatic nitrogens is 2. The maximum absolute atomic E-state index is 5.44. The number of hydrogen-bond donors (Lipinski definition) is 2. The lowest BCUT2D eigenvalue weighted by Gasteiger charge is -2.19. The third-order valence-electron chi connectivity index (χ3n) is 3.01. The van der Waals surface area contributed by atoms with E-state index in [0.29, 0.717) is 11.7 Å².